The summed E-state index contributed by atoms with van der Waals surface area (Å²) in [7, 11) is -7.74. The molecule has 2 heterocycles. The lowest BCUT2D eigenvalue weighted by molar-refractivity contribution is -0.140. The van der Waals surface area contributed by atoms with Crippen LogP contribution in [0.2, 0.25) is 0 Å². The molecular formula is C53H65N11O18S2. The molecule has 452 valence electrons. The van der Waals surface area contributed by atoms with Crippen LogP contribution in [0.3, 0.4) is 0 Å². The number of imide groups is 1. The monoisotopic (exact) mass is 1210 g/mol. The maximum absolute atomic E-state index is 14.2. The van der Waals surface area contributed by atoms with Crippen molar-refractivity contribution in [3.63, 3.8) is 0 Å². The van der Waals surface area contributed by atoms with Crippen molar-refractivity contribution in [3.05, 3.63) is 83.9 Å². The topological polar surface area (TPSA) is 426 Å². The van der Waals surface area contributed by atoms with E-state index in [1.165, 1.54) is 18.2 Å². The molecule has 2 aliphatic heterocycles. The van der Waals surface area contributed by atoms with Crippen LogP contribution in [0.1, 0.15) is 36.8 Å². The van der Waals surface area contributed by atoms with Crippen molar-refractivity contribution < 1.29 is 84.4 Å². The van der Waals surface area contributed by atoms with Crippen LogP contribution >= 0.6 is 0 Å². The zero-order chi connectivity index (χ0) is 61.8. The molecule has 1 saturated heterocycles. The first-order valence-corrected chi connectivity index (χ1v) is 28.5. The molecule has 0 aromatic heterocycles. The number of anilines is 2. The van der Waals surface area contributed by atoms with Gasteiger partial charge in [0, 0.05) is 101 Å². The number of aliphatic carboxylic acids is 3. The number of hydrogen-bond acceptors (Lipinski definition) is 21. The Morgan fingerprint density at radius 3 is 1.65 bits per heavy atom. The van der Waals surface area contributed by atoms with Gasteiger partial charge in [-0.2, -0.15) is 13.5 Å². The summed E-state index contributed by atoms with van der Waals surface area (Å²) in [6.07, 6.45) is 3.02. The number of carboxylic acid groups (broad SMARTS) is 3. The van der Waals surface area contributed by atoms with Gasteiger partial charge >= 0.3 is 28.5 Å². The van der Waals surface area contributed by atoms with E-state index in [9.17, 15) is 71.8 Å². The molecule has 0 aliphatic carbocycles. The Hall–Kier alpha value is -8.59. The van der Waals surface area contributed by atoms with E-state index in [0.717, 1.165) is 34.2 Å². The molecule has 5 amide bonds. The Morgan fingerprint density at radius 2 is 1.15 bits per heavy atom. The number of nitrogens with one attached hydrogen (secondary N) is 3. The third kappa shape index (κ3) is 20.7. The number of aryl methyl sites for hydroxylation is 2. The van der Waals surface area contributed by atoms with E-state index < -0.39 is 84.9 Å². The maximum Gasteiger partial charge on any atom is 0.425 e. The van der Waals surface area contributed by atoms with Crippen molar-refractivity contribution in [2.45, 2.75) is 50.5 Å². The summed E-state index contributed by atoms with van der Waals surface area (Å²) in [6.45, 7) is 3.84. The molecule has 84 heavy (non-hydrogen) atoms. The fourth-order valence-electron chi connectivity index (χ4n) is 9.13. The largest absolute Gasteiger partial charge is 0.505 e. The molecule has 0 bridgehead atoms. The second kappa shape index (κ2) is 31.2. The first kappa shape index (κ1) is 66.2. The number of amides is 5. The number of hydrogen-bond donors (Lipinski definition) is 9. The van der Waals surface area contributed by atoms with Crippen LogP contribution in [0.4, 0.5) is 22.7 Å². The number of benzene rings is 4. The van der Waals surface area contributed by atoms with Crippen molar-refractivity contribution >= 4 is 102 Å². The number of aromatic hydroxyl groups is 1. The smallest absolute Gasteiger partial charge is 0.425 e. The van der Waals surface area contributed by atoms with Crippen LogP contribution in [0.25, 0.3) is 21.9 Å². The van der Waals surface area contributed by atoms with Gasteiger partial charge in [0.25, 0.3) is 21.9 Å². The number of nitrogens with zero attached hydrogens (tertiary/aromatic N) is 7. The second-order valence-electron chi connectivity index (χ2n) is 19.6. The Morgan fingerprint density at radius 1 is 0.667 bits per heavy atom. The molecular weight excluding hydrogens is 1140 g/mol. The van der Waals surface area contributed by atoms with Crippen LogP contribution in [0.15, 0.2) is 87.9 Å². The predicted octanol–water partition coefficient (Wildman–Crippen LogP) is 1.57. The number of nitrogens with two attached hydrogens (primary N) is 1. The number of phenolic OH excluding ortho intramolecular Hbond substituents is 1. The molecule has 0 spiro atoms. The number of phenols is 1. The molecule has 10 N–H and O–H groups in total. The summed E-state index contributed by atoms with van der Waals surface area (Å²) in [5.41, 5.74) is 9.94. The van der Waals surface area contributed by atoms with Crippen LogP contribution in [-0.2, 0) is 59.1 Å². The van der Waals surface area contributed by atoms with Crippen molar-refractivity contribution in [2.75, 3.05) is 103 Å². The average molecular weight is 1210 g/mol. The molecule has 31 heteroatoms. The maximum atomic E-state index is 14.2. The minimum atomic E-state index is -4.63. The number of unbranched alkanes of at least 4 members (excludes halogenated alkanes) is 1. The first-order valence-electron chi connectivity index (χ1n) is 26.1. The Labute approximate surface area is 483 Å². The third-order valence-corrected chi connectivity index (χ3v) is 14.3. The van der Waals surface area contributed by atoms with E-state index in [0.29, 0.717) is 35.3 Å². The van der Waals surface area contributed by atoms with E-state index in [1.807, 2.05) is 12.1 Å². The Bertz CT molecular complexity index is 3380. The van der Waals surface area contributed by atoms with Gasteiger partial charge in [-0.15, -0.1) is 17.7 Å². The van der Waals surface area contributed by atoms with Gasteiger partial charge in [-0.3, -0.25) is 67.4 Å². The summed E-state index contributed by atoms with van der Waals surface area (Å²) >= 11 is 0. The van der Waals surface area contributed by atoms with Crippen molar-refractivity contribution in [1.82, 2.24) is 35.1 Å². The van der Waals surface area contributed by atoms with Crippen molar-refractivity contribution in [2.24, 2.45) is 10.2 Å². The van der Waals surface area contributed by atoms with E-state index in [-0.39, 0.29) is 127 Å². The molecule has 6 rings (SSSR count). The van der Waals surface area contributed by atoms with Gasteiger partial charge in [0.1, 0.15) is 16.6 Å². The zero-order valence-electron chi connectivity index (χ0n) is 45.8. The number of azo groups is 1. The van der Waals surface area contributed by atoms with Crippen LogP contribution in [-0.4, -0.2) is 216 Å². The van der Waals surface area contributed by atoms with Crippen LogP contribution in [0, 0.1) is 13.8 Å². The number of carbonyl (C=O) groups is 8. The molecule has 0 radical (unpaired) electrons. The highest BCUT2D eigenvalue weighted by Gasteiger charge is 2.27. The molecule has 4 aromatic carbocycles. The van der Waals surface area contributed by atoms with Crippen LogP contribution in [0.5, 0.6) is 5.75 Å². The van der Waals surface area contributed by atoms with Gasteiger partial charge in [-0.1, -0.05) is 18.2 Å². The SMILES string of the molecule is Cc1cc(-c2ccc(NC(=O)[C@@H](CCCCNC(=O)CCN3C(=O)C=CC3=O)NC(=O)CN3CCN(CC(=O)O)CCN(CC(=O)O)CCN(CC(=O)O)CC3)c(C)c2)ccc1N=Nc1ccc2c(S(=O)(=O)O)ccc(N)c2c1O.O=S(=O)=O. The van der Waals surface area contributed by atoms with Gasteiger partial charge in [0.05, 0.1) is 37.3 Å². The lowest BCUT2D eigenvalue weighted by Gasteiger charge is -2.33. The molecule has 2 aliphatic rings. The summed E-state index contributed by atoms with van der Waals surface area (Å²) in [5, 5.41) is 56.9. The zero-order valence-corrected chi connectivity index (χ0v) is 47.4. The highest BCUT2D eigenvalue weighted by Crippen LogP contribution is 2.41. The van der Waals surface area contributed by atoms with Gasteiger partial charge in [0.15, 0.2) is 5.75 Å². The molecule has 0 saturated carbocycles. The average Bonchev–Trinajstić information content (AvgIpc) is 1.66. The third-order valence-electron chi connectivity index (χ3n) is 13.4. The summed E-state index contributed by atoms with van der Waals surface area (Å²) < 4.78 is 58.9. The lowest BCUT2D eigenvalue weighted by atomic mass is 10.00. The van der Waals surface area contributed by atoms with Gasteiger partial charge in [-0.25, -0.2) is 0 Å². The molecule has 1 fully saturated rings. The Balaban J connectivity index is 0.00000312. The van der Waals surface area contributed by atoms with E-state index in [1.54, 1.807) is 57.7 Å². The van der Waals surface area contributed by atoms with E-state index >= 15 is 0 Å². The minimum absolute atomic E-state index is 0.00206. The first-order chi connectivity index (χ1) is 39.7. The number of carboxylic acids is 3. The number of nitrogen functional groups attached to an aromatic ring is 1. The van der Waals surface area contributed by atoms with Gasteiger partial charge < -0.3 is 42.1 Å². The molecule has 4 aromatic rings. The van der Waals surface area contributed by atoms with Gasteiger partial charge in [-0.05, 0) is 97.8 Å². The summed E-state index contributed by atoms with van der Waals surface area (Å²) in [6, 6.07) is 14.7. The van der Waals surface area contributed by atoms with E-state index in [2.05, 4.69) is 26.2 Å². The van der Waals surface area contributed by atoms with Crippen molar-refractivity contribution in [3.8, 4) is 16.9 Å². The van der Waals surface area contributed by atoms with Gasteiger partial charge in [0.2, 0.25) is 17.7 Å². The second-order valence-corrected chi connectivity index (χ2v) is 21.4. The van der Waals surface area contributed by atoms with E-state index in [4.69, 9.17) is 18.4 Å². The highest BCUT2D eigenvalue weighted by molar-refractivity contribution is 7.86. The summed E-state index contributed by atoms with van der Waals surface area (Å²) in [5.74, 6) is -6.22. The quantitative estimate of drug-likeness (QED) is 0.0167. The fraction of sp³-hybridized carbons (Fsp3) is 0.396. The molecule has 1 atom stereocenters. The standard InChI is InChI=1S/C53H65N11O15S.O3S/c1-33-27-35(36-7-11-40(34(2)28-36)58-59-41-12-8-37-43(80(77,78)79)13-9-38(54)51(37)52(41)75)6-10-39(33)57-53(76)42(5-3-4-17-55-44(65)16-18-64-46(67)14-15-47(64)68)56-45(66)29-60-19-21-61(30-48(69)70)23-25-63(32-50(73)74)26-24-62(22-20-60)31-49(71)72;1-4(2)3/h6-15,27-28,42,75H,3-5,16-26,29-32,54H2,1-2H3,(H,55,65)(H,56,66)(H,57,76)(H,69,70)(H,71,72)(H,73,74)(H,77,78,79);/t42-;/m1./s1. The number of rotatable bonds is 23. The van der Waals surface area contributed by atoms with Crippen molar-refractivity contribution in [1.29, 1.82) is 0 Å². The number of fused-ring (bicyclic) bond motifs is 1. The predicted molar refractivity (Wildman–Crippen MR) is 302 cm³/mol. The lowest BCUT2D eigenvalue weighted by Crippen LogP contribution is -2.51. The normalized spacial score (nSPS) is 15.4. The minimum Gasteiger partial charge on any atom is -0.505 e. The molecule has 29 nitrogen and oxygen atoms in total. The summed E-state index contributed by atoms with van der Waals surface area (Å²) in [4.78, 5) is 107. The molecule has 0 unspecified atom stereocenters. The van der Waals surface area contributed by atoms with Crippen LogP contribution < -0.4 is 21.7 Å². The Kier molecular flexibility index (Phi) is 24.6. The highest BCUT2D eigenvalue weighted by atomic mass is 32.2. The number of carbonyl (C=O) groups excluding carboxylic acids is 5. The fourth-order valence-corrected chi connectivity index (χ4v) is 9.82.